The van der Waals surface area contributed by atoms with Crippen LogP contribution in [0.15, 0.2) is 54.6 Å². The molecule has 27 heavy (non-hydrogen) atoms. The lowest BCUT2D eigenvalue weighted by atomic mass is 10.1. The van der Waals surface area contributed by atoms with E-state index in [1.54, 1.807) is 31.9 Å². The molecule has 0 atom stereocenters. The first-order valence-electron chi connectivity index (χ1n) is 8.67. The number of rotatable bonds is 7. The fraction of sp³-hybridized carbons (Fsp3) is 0.238. The zero-order valence-electron chi connectivity index (χ0n) is 15.6. The van der Waals surface area contributed by atoms with E-state index in [1.165, 1.54) is 0 Å². The van der Waals surface area contributed by atoms with Crippen molar-refractivity contribution < 1.29 is 19.0 Å². The molecule has 1 aromatic heterocycles. The fourth-order valence-electron chi connectivity index (χ4n) is 2.71. The summed E-state index contributed by atoms with van der Waals surface area (Å²) in [7, 11) is 3.25. The Bertz CT molecular complexity index is 899. The molecule has 140 valence electrons. The molecule has 0 spiro atoms. The van der Waals surface area contributed by atoms with Crippen molar-refractivity contribution in [3.63, 3.8) is 0 Å². The summed E-state index contributed by atoms with van der Waals surface area (Å²) in [6.07, 6.45) is 0. The van der Waals surface area contributed by atoms with Gasteiger partial charge in [-0.25, -0.2) is 4.79 Å². The average Bonchev–Trinajstić information content (AvgIpc) is 3.12. The van der Waals surface area contributed by atoms with Gasteiger partial charge in [-0.15, -0.1) is 0 Å². The van der Waals surface area contributed by atoms with E-state index in [0.29, 0.717) is 24.5 Å². The Morgan fingerprint density at radius 2 is 1.56 bits per heavy atom. The third kappa shape index (κ3) is 4.28. The summed E-state index contributed by atoms with van der Waals surface area (Å²) in [5, 5.41) is 4.62. The zero-order chi connectivity index (χ0) is 19.2. The van der Waals surface area contributed by atoms with Gasteiger partial charge in [0, 0.05) is 5.56 Å². The van der Waals surface area contributed by atoms with Crippen LogP contribution in [0.1, 0.15) is 23.0 Å². The lowest BCUT2D eigenvalue weighted by Gasteiger charge is -2.08. The highest BCUT2D eigenvalue weighted by Crippen LogP contribution is 2.23. The molecule has 0 N–H and O–H groups in total. The van der Waals surface area contributed by atoms with Gasteiger partial charge in [-0.2, -0.15) is 5.10 Å². The Morgan fingerprint density at radius 1 is 0.963 bits per heavy atom. The average molecular weight is 366 g/mol. The summed E-state index contributed by atoms with van der Waals surface area (Å²) in [5.41, 5.74) is 3.02. The highest BCUT2D eigenvalue weighted by Gasteiger charge is 2.17. The van der Waals surface area contributed by atoms with E-state index in [-0.39, 0.29) is 0 Å². The number of hydrogen-bond acceptors (Lipinski definition) is 5. The SMILES string of the molecule is CCOC(=O)c1cc(-c2ccc(OC)cc2)nn1Cc1ccc(OC)cc1. The molecular weight excluding hydrogens is 344 g/mol. The highest BCUT2D eigenvalue weighted by molar-refractivity contribution is 5.89. The fourth-order valence-corrected chi connectivity index (χ4v) is 2.71. The predicted molar refractivity (Wildman–Crippen MR) is 102 cm³/mol. The molecule has 6 heteroatoms. The maximum atomic E-state index is 12.4. The molecule has 0 fully saturated rings. The molecule has 2 aromatic carbocycles. The molecule has 3 rings (SSSR count). The first-order chi connectivity index (χ1) is 13.1. The monoisotopic (exact) mass is 366 g/mol. The number of benzene rings is 2. The van der Waals surface area contributed by atoms with Crippen molar-refractivity contribution in [2.24, 2.45) is 0 Å². The van der Waals surface area contributed by atoms with Crippen molar-refractivity contribution in [3.8, 4) is 22.8 Å². The lowest BCUT2D eigenvalue weighted by molar-refractivity contribution is 0.0512. The number of ether oxygens (including phenoxy) is 3. The van der Waals surface area contributed by atoms with Gasteiger partial charge < -0.3 is 14.2 Å². The van der Waals surface area contributed by atoms with E-state index in [9.17, 15) is 4.79 Å². The molecule has 0 aliphatic heterocycles. The molecule has 6 nitrogen and oxygen atoms in total. The van der Waals surface area contributed by atoms with Crippen molar-refractivity contribution in [1.82, 2.24) is 9.78 Å². The van der Waals surface area contributed by atoms with Gasteiger partial charge in [0.25, 0.3) is 0 Å². The first-order valence-corrected chi connectivity index (χ1v) is 8.67. The van der Waals surface area contributed by atoms with Crippen LogP contribution < -0.4 is 9.47 Å². The van der Waals surface area contributed by atoms with Gasteiger partial charge in [-0.05, 0) is 55.0 Å². The summed E-state index contributed by atoms with van der Waals surface area (Å²) >= 11 is 0. The van der Waals surface area contributed by atoms with Crippen LogP contribution >= 0.6 is 0 Å². The van der Waals surface area contributed by atoms with Crippen molar-refractivity contribution in [2.45, 2.75) is 13.5 Å². The van der Waals surface area contributed by atoms with Gasteiger partial charge in [-0.3, -0.25) is 4.68 Å². The summed E-state index contributed by atoms with van der Waals surface area (Å²) < 4.78 is 17.2. The molecule has 3 aromatic rings. The van der Waals surface area contributed by atoms with E-state index in [2.05, 4.69) is 5.10 Å². The zero-order valence-corrected chi connectivity index (χ0v) is 15.6. The Labute approximate surface area is 158 Å². The first kappa shape index (κ1) is 18.5. The van der Waals surface area contributed by atoms with E-state index >= 15 is 0 Å². The van der Waals surface area contributed by atoms with E-state index in [1.807, 2.05) is 48.5 Å². The minimum absolute atomic E-state index is 0.310. The van der Waals surface area contributed by atoms with E-state index in [4.69, 9.17) is 14.2 Å². The topological polar surface area (TPSA) is 62.6 Å². The number of aromatic nitrogens is 2. The van der Waals surface area contributed by atoms with Crippen molar-refractivity contribution in [1.29, 1.82) is 0 Å². The number of hydrogen-bond donors (Lipinski definition) is 0. The minimum Gasteiger partial charge on any atom is -0.497 e. The molecule has 0 saturated heterocycles. The lowest BCUT2D eigenvalue weighted by Crippen LogP contribution is -2.14. The van der Waals surface area contributed by atoms with Crippen molar-refractivity contribution >= 4 is 5.97 Å². The van der Waals surface area contributed by atoms with Gasteiger partial charge in [0.1, 0.15) is 17.2 Å². The maximum Gasteiger partial charge on any atom is 0.356 e. The smallest absolute Gasteiger partial charge is 0.356 e. The second-order valence-corrected chi connectivity index (χ2v) is 5.87. The highest BCUT2D eigenvalue weighted by atomic mass is 16.5. The summed E-state index contributed by atoms with van der Waals surface area (Å²) in [6.45, 7) is 2.55. The van der Waals surface area contributed by atoms with E-state index < -0.39 is 5.97 Å². The molecule has 0 aliphatic rings. The number of nitrogens with zero attached hydrogens (tertiary/aromatic N) is 2. The van der Waals surface area contributed by atoms with Crippen LogP contribution in [0, 0.1) is 0 Å². The molecule has 0 saturated carbocycles. The quantitative estimate of drug-likeness (QED) is 0.595. The van der Waals surface area contributed by atoms with Gasteiger partial charge in [0.2, 0.25) is 0 Å². The van der Waals surface area contributed by atoms with Crippen molar-refractivity contribution in [2.75, 3.05) is 20.8 Å². The van der Waals surface area contributed by atoms with E-state index in [0.717, 1.165) is 22.6 Å². The molecule has 0 unspecified atom stereocenters. The standard InChI is InChI=1S/C21H22N2O4/c1-4-27-21(24)20-13-19(16-7-11-18(26-3)12-8-16)22-23(20)14-15-5-9-17(25-2)10-6-15/h5-13H,4,14H2,1-3H3. The minimum atomic E-state index is -0.390. The van der Waals surface area contributed by atoms with Crippen LogP contribution in [0.25, 0.3) is 11.3 Å². The Kier molecular flexibility index (Phi) is 5.76. The van der Waals surface area contributed by atoms with Crippen LogP contribution in [0.3, 0.4) is 0 Å². The van der Waals surface area contributed by atoms with Gasteiger partial charge >= 0.3 is 5.97 Å². The molecule has 0 aliphatic carbocycles. The third-order valence-corrected chi connectivity index (χ3v) is 4.14. The van der Waals surface area contributed by atoms with Crippen LogP contribution in [0.2, 0.25) is 0 Å². The Morgan fingerprint density at radius 3 is 2.11 bits per heavy atom. The summed E-state index contributed by atoms with van der Waals surface area (Å²) in [5.74, 6) is 1.16. The van der Waals surface area contributed by atoms with Gasteiger partial charge in [0.05, 0.1) is 33.1 Å². The molecule has 0 amide bonds. The Balaban J connectivity index is 1.94. The molecular formula is C21H22N2O4. The second kappa shape index (κ2) is 8.40. The largest absolute Gasteiger partial charge is 0.497 e. The third-order valence-electron chi connectivity index (χ3n) is 4.14. The number of methoxy groups -OCH3 is 2. The number of carbonyl (C=O) groups is 1. The van der Waals surface area contributed by atoms with Crippen LogP contribution in [-0.4, -0.2) is 36.6 Å². The predicted octanol–water partition coefficient (Wildman–Crippen LogP) is 3.79. The summed E-state index contributed by atoms with van der Waals surface area (Å²) in [6, 6.07) is 17.0. The molecule has 1 heterocycles. The van der Waals surface area contributed by atoms with Crippen LogP contribution in [0.5, 0.6) is 11.5 Å². The van der Waals surface area contributed by atoms with Crippen LogP contribution in [-0.2, 0) is 11.3 Å². The maximum absolute atomic E-state index is 12.4. The Hall–Kier alpha value is -3.28. The number of esters is 1. The second-order valence-electron chi connectivity index (χ2n) is 5.87. The van der Waals surface area contributed by atoms with Gasteiger partial charge in [0.15, 0.2) is 0 Å². The normalized spacial score (nSPS) is 10.5. The van der Waals surface area contributed by atoms with Crippen molar-refractivity contribution in [3.05, 3.63) is 65.9 Å². The molecule has 0 bridgehead atoms. The van der Waals surface area contributed by atoms with Crippen LogP contribution in [0.4, 0.5) is 0 Å². The number of carbonyl (C=O) groups excluding carboxylic acids is 1. The van der Waals surface area contributed by atoms with Gasteiger partial charge in [-0.1, -0.05) is 12.1 Å². The summed E-state index contributed by atoms with van der Waals surface area (Å²) in [4.78, 5) is 12.4. The molecule has 0 radical (unpaired) electrons.